The van der Waals surface area contributed by atoms with Crippen LogP contribution in [0.3, 0.4) is 0 Å². The van der Waals surface area contributed by atoms with Gasteiger partial charge in [-0.1, -0.05) is 0 Å². The van der Waals surface area contributed by atoms with E-state index in [9.17, 15) is 9.59 Å². The third-order valence-electron chi connectivity index (χ3n) is 4.31. The second kappa shape index (κ2) is 6.72. The summed E-state index contributed by atoms with van der Waals surface area (Å²) >= 11 is 1.31. The maximum absolute atomic E-state index is 12.1. The molecule has 1 fully saturated rings. The summed E-state index contributed by atoms with van der Waals surface area (Å²) in [6.07, 6.45) is 2.68. The van der Waals surface area contributed by atoms with Crippen LogP contribution in [0.4, 0.5) is 5.82 Å². The fourth-order valence-electron chi connectivity index (χ4n) is 3.02. The molecule has 1 aliphatic heterocycles. The van der Waals surface area contributed by atoms with Crippen LogP contribution in [-0.2, 0) is 9.53 Å². The fraction of sp³-hybridized carbons (Fsp3) is 0.500. The molecule has 128 valence electrons. The molecule has 0 aliphatic carbocycles. The molecule has 1 aliphatic rings. The number of carboxylic acids is 1. The Morgan fingerprint density at radius 2 is 2.08 bits per heavy atom. The number of thiophene rings is 1. The Morgan fingerprint density at radius 3 is 2.71 bits per heavy atom. The molecule has 0 spiro atoms. The number of esters is 1. The van der Waals surface area contributed by atoms with Crippen LogP contribution in [0.15, 0.2) is 6.33 Å². The third-order valence-corrected chi connectivity index (χ3v) is 5.49. The lowest BCUT2D eigenvalue weighted by molar-refractivity contribution is -0.142. The lowest BCUT2D eigenvalue weighted by Gasteiger charge is -2.31. The minimum atomic E-state index is -0.737. The number of ether oxygens (including phenoxy) is 1. The Labute approximate surface area is 143 Å². The minimum Gasteiger partial charge on any atom is -0.481 e. The van der Waals surface area contributed by atoms with Crippen LogP contribution < -0.4 is 4.90 Å². The topological polar surface area (TPSA) is 92.6 Å². The number of aromatic nitrogens is 2. The van der Waals surface area contributed by atoms with Crippen LogP contribution in [0, 0.1) is 12.8 Å². The molecule has 2 aromatic rings. The fourth-order valence-corrected chi connectivity index (χ4v) is 4.06. The second-order valence-corrected chi connectivity index (χ2v) is 6.75. The molecular formula is C16H19N3O4S. The normalized spacial score (nSPS) is 15.7. The van der Waals surface area contributed by atoms with E-state index in [2.05, 4.69) is 14.9 Å². The molecular weight excluding hydrogens is 330 g/mol. The molecule has 1 N–H and O–H groups in total. The van der Waals surface area contributed by atoms with Gasteiger partial charge in [0.25, 0.3) is 0 Å². The van der Waals surface area contributed by atoms with Crippen LogP contribution in [0.25, 0.3) is 10.2 Å². The van der Waals surface area contributed by atoms with Gasteiger partial charge in [-0.05, 0) is 32.3 Å². The number of carboxylic acid groups (broad SMARTS) is 1. The van der Waals surface area contributed by atoms with Crippen molar-refractivity contribution in [3.05, 3.63) is 16.8 Å². The maximum atomic E-state index is 12.1. The summed E-state index contributed by atoms with van der Waals surface area (Å²) in [4.78, 5) is 35.3. The standard InChI is InChI=1S/C16H19N3O4S/c1-3-23-16(22)12-9(2)11-13(17-8-18-14(11)24-12)19-6-4-10(5-7-19)15(20)21/h8,10H,3-7H2,1-2H3,(H,20,21). The number of carbonyl (C=O) groups is 2. The van der Waals surface area contributed by atoms with Crippen molar-refractivity contribution < 1.29 is 19.4 Å². The molecule has 0 aromatic carbocycles. The van der Waals surface area contributed by atoms with Gasteiger partial charge in [0.1, 0.15) is 21.9 Å². The lowest BCUT2D eigenvalue weighted by atomic mass is 9.97. The summed E-state index contributed by atoms with van der Waals surface area (Å²) in [6, 6.07) is 0. The van der Waals surface area contributed by atoms with Gasteiger partial charge in [0.2, 0.25) is 0 Å². The van der Waals surface area contributed by atoms with Gasteiger partial charge < -0.3 is 14.7 Å². The highest BCUT2D eigenvalue weighted by Gasteiger charge is 2.28. The highest BCUT2D eigenvalue weighted by Crippen LogP contribution is 2.36. The molecule has 8 heteroatoms. The zero-order valence-corrected chi connectivity index (χ0v) is 14.4. The molecule has 7 nitrogen and oxygen atoms in total. The van der Waals surface area contributed by atoms with Crippen LogP contribution >= 0.6 is 11.3 Å². The highest BCUT2D eigenvalue weighted by atomic mass is 32.1. The smallest absolute Gasteiger partial charge is 0.348 e. The average molecular weight is 349 g/mol. The maximum Gasteiger partial charge on any atom is 0.348 e. The number of aryl methyl sites for hydroxylation is 1. The van der Waals surface area contributed by atoms with Gasteiger partial charge >= 0.3 is 11.9 Å². The van der Waals surface area contributed by atoms with Crippen molar-refractivity contribution >= 4 is 39.3 Å². The van der Waals surface area contributed by atoms with Crippen molar-refractivity contribution in [1.29, 1.82) is 0 Å². The average Bonchev–Trinajstić information content (AvgIpc) is 2.92. The number of nitrogens with zero attached hydrogens (tertiary/aromatic N) is 3. The molecule has 0 bridgehead atoms. The van der Waals surface area contributed by atoms with E-state index in [-0.39, 0.29) is 11.9 Å². The summed E-state index contributed by atoms with van der Waals surface area (Å²) < 4.78 is 5.11. The zero-order chi connectivity index (χ0) is 17.3. The Kier molecular flexibility index (Phi) is 4.66. The number of piperidine rings is 1. The molecule has 0 unspecified atom stereocenters. The second-order valence-electron chi connectivity index (χ2n) is 5.75. The van der Waals surface area contributed by atoms with Crippen LogP contribution in [0.5, 0.6) is 0 Å². The molecule has 24 heavy (non-hydrogen) atoms. The van der Waals surface area contributed by atoms with E-state index in [1.165, 1.54) is 17.7 Å². The van der Waals surface area contributed by atoms with Gasteiger partial charge in [-0.15, -0.1) is 11.3 Å². The Hall–Kier alpha value is -2.22. The number of hydrogen-bond donors (Lipinski definition) is 1. The van der Waals surface area contributed by atoms with E-state index in [0.717, 1.165) is 21.6 Å². The summed E-state index contributed by atoms with van der Waals surface area (Å²) in [5.74, 6) is -0.599. The summed E-state index contributed by atoms with van der Waals surface area (Å²) in [7, 11) is 0. The summed E-state index contributed by atoms with van der Waals surface area (Å²) in [6.45, 7) is 5.24. The zero-order valence-electron chi connectivity index (χ0n) is 13.6. The first-order valence-electron chi connectivity index (χ1n) is 7.91. The quantitative estimate of drug-likeness (QED) is 0.848. The number of hydrogen-bond acceptors (Lipinski definition) is 7. The van der Waals surface area contributed by atoms with Crippen molar-refractivity contribution in [1.82, 2.24) is 9.97 Å². The molecule has 0 amide bonds. The number of rotatable bonds is 4. The molecule has 0 saturated carbocycles. The SMILES string of the molecule is CCOC(=O)c1sc2ncnc(N3CCC(C(=O)O)CC3)c2c1C. The van der Waals surface area contributed by atoms with Gasteiger partial charge in [0.05, 0.1) is 17.9 Å². The van der Waals surface area contributed by atoms with Crippen molar-refractivity contribution in [2.45, 2.75) is 26.7 Å². The molecule has 0 radical (unpaired) electrons. The highest BCUT2D eigenvalue weighted by molar-refractivity contribution is 7.20. The lowest BCUT2D eigenvalue weighted by Crippen LogP contribution is -2.36. The third kappa shape index (κ3) is 2.93. The van der Waals surface area contributed by atoms with Crippen molar-refractivity contribution in [3.8, 4) is 0 Å². The first-order valence-corrected chi connectivity index (χ1v) is 8.73. The van der Waals surface area contributed by atoms with E-state index >= 15 is 0 Å². The molecule has 3 rings (SSSR count). The van der Waals surface area contributed by atoms with Gasteiger partial charge in [-0.3, -0.25) is 4.79 Å². The number of carbonyl (C=O) groups excluding carboxylic acids is 1. The largest absolute Gasteiger partial charge is 0.481 e. The van der Waals surface area contributed by atoms with Crippen molar-refractivity contribution in [3.63, 3.8) is 0 Å². The van der Waals surface area contributed by atoms with E-state index in [4.69, 9.17) is 9.84 Å². The van der Waals surface area contributed by atoms with Crippen LogP contribution in [0.1, 0.15) is 35.0 Å². The Bertz CT molecular complexity index is 781. The minimum absolute atomic E-state index is 0.294. The summed E-state index contributed by atoms with van der Waals surface area (Å²) in [5.41, 5.74) is 0.824. The first-order chi connectivity index (χ1) is 11.5. The molecule has 1 saturated heterocycles. The van der Waals surface area contributed by atoms with Gasteiger partial charge in [0.15, 0.2) is 0 Å². The van der Waals surface area contributed by atoms with Crippen LogP contribution in [0.2, 0.25) is 0 Å². The number of fused-ring (bicyclic) bond motifs is 1. The monoisotopic (exact) mass is 349 g/mol. The van der Waals surface area contributed by atoms with E-state index in [1.54, 1.807) is 6.92 Å². The van der Waals surface area contributed by atoms with Gasteiger partial charge in [0, 0.05) is 13.1 Å². The van der Waals surface area contributed by atoms with Gasteiger partial charge in [-0.2, -0.15) is 0 Å². The van der Waals surface area contributed by atoms with E-state index in [1.807, 2.05) is 6.92 Å². The first kappa shape index (κ1) is 16.6. The number of aliphatic carboxylic acids is 1. The molecule has 0 atom stereocenters. The molecule has 3 heterocycles. The number of anilines is 1. The summed E-state index contributed by atoms with van der Waals surface area (Å²) in [5, 5.41) is 9.99. The van der Waals surface area contributed by atoms with E-state index in [0.29, 0.717) is 37.4 Å². The van der Waals surface area contributed by atoms with Crippen molar-refractivity contribution in [2.75, 3.05) is 24.6 Å². The van der Waals surface area contributed by atoms with Crippen LogP contribution in [-0.4, -0.2) is 46.7 Å². The Balaban J connectivity index is 1.95. The predicted octanol–water partition coefficient (Wildman–Crippen LogP) is 2.48. The molecule has 2 aromatic heterocycles. The Morgan fingerprint density at radius 1 is 1.38 bits per heavy atom. The van der Waals surface area contributed by atoms with Gasteiger partial charge in [-0.25, -0.2) is 14.8 Å². The van der Waals surface area contributed by atoms with Crippen molar-refractivity contribution in [2.24, 2.45) is 5.92 Å². The predicted molar refractivity (Wildman–Crippen MR) is 90.7 cm³/mol. The van der Waals surface area contributed by atoms with E-state index < -0.39 is 5.97 Å².